The van der Waals surface area contributed by atoms with E-state index < -0.39 is 27.9 Å². The molecule has 0 aliphatic carbocycles. The number of amides is 2. The summed E-state index contributed by atoms with van der Waals surface area (Å²) in [6.07, 6.45) is 0. The van der Waals surface area contributed by atoms with Crippen LogP contribution in [0, 0.1) is 0 Å². The highest BCUT2D eigenvalue weighted by molar-refractivity contribution is 7.90. The van der Waals surface area contributed by atoms with E-state index in [1.165, 1.54) is 37.4 Å². The van der Waals surface area contributed by atoms with Crippen molar-refractivity contribution in [3.8, 4) is 0 Å². The fourth-order valence-electron chi connectivity index (χ4n) is 3.25. The number of ether oxygens (including phenoxy) is 1. The molecule has 178 valence electrons. The molecule has 0 fully saturated rings. The van der Waals surface area contributed by atoms with E-state index in [0.717, 1.165) is 0 Å². The number of carbonyl (C=O) groups excluding carboxylic acids is 2. The van der Waals surface area contributed by atoms with E-state index >= 15 is 0 Å². The lowest BCUT2D eigenvalue weighted by atomic mass is 10.1. The molecular weight excluding hydrogens is 499 g/mol. The Morgan fingerprint density at radius 1 is 1.00 bits per heavy atom. The first-order valence-corrected chi connectivity index (χ1v) is 12.5. The molecule has 0 aliphatic heterocycles. The Bertz CT molecular complexity index is 1310. The summed E-state index contributed by atoms with van der Waals surface area (Å²) in [5, 5.41) is 6.17. The zero-order chi connectivity index (χ0) is 24.9. The smallest absolute Gasteiger partial charge is 0.337 e. The number of hydrogen-bond donors (Lipinski definition) is 2. The predicted octanol–water partition coefficient (Wildman–Crippen LogP) is 5.64. The van der Waals surface area contributed by atoms with Gasteiger partial charge in [0, 0.05) is 5.69 Å². The maximum absolute atomic E-state index is 12.8. The molecule has 10 heteroatoms. The third kappa shape index (κ3) is 6.28. The number of anilines is 1. The molecule has 7 nitrogen and oxygen atoms in total. The second-order valence-electron chi connectivity index (χ2n) is 7.44. The molecule has 0 bridgehead atoms. The van der Waals surface area contributed by atoms with Crippen molar-refractivity contribution in [2.24, 2.45) is 0 Å². The normalized spacial score (nSPS) is 12.0. The molecular formula is C24H22Cl2N2O5S. The number of esters is 1. The minimum atomic E-state index is -3.68. The highest BCUT2D eigenvalue weighted by Crippen LogP contribution is 2.29. The van der Waals surface area contributed by atoms with Crippen LogP contribution >= 0.6 is 23.2 Å². The largest absolute Gasteiger partial charge is 0.465 e. The van der Waals surface area contributed by atoms with E-state index in [1.807, 2.05) is 0 Å². The first-order valence-electron chi connectivity index (χ1n) is 10.1. The minimum absolute atomic E-state index is 0.0843. The molecule has 3 rings (SSSR count). The summed E-state index contributed by atoms with van der Waals surface area (Å²) < 4.78 is 30.3. The minimum Gasteiger partial charge on any atom is -0.465 e. The first kappa shape index (κ1) is 25.6. The molecule has 34 heavy (non-hydrogen) atoms. The van der Waals surface area contributed by atoms with Crippen LogP contribution in [-0.4, -0.2) is 27.5 Å². The van der Waals surface area contributed by atoms with Crippen molar-refractivity contribution >= 4 is 50.7 Å². The van der Waals surface area contributed by atoms with E-state index in [-0.39, 0.29) is 16.2 Å². The molecule has 0 heterocycles. The molecule has 3 aromatic carbocycles. The average Bonchev–Trinajstić information content (AvgIpc) is 2.80. The van der Waals surface area contributed by atoms with E-state index in [2.05, 4.69) is 15.4 Å². The van der Waals surface area contributed by atoms with Gasteiger partial charge in [-0.1, -0.05) is 47.5 Å². The second-order valence-corrected chi connectivity index (χ2v) is 10.2. The number of benzene rings is 3. The van der Waals surface area contributed by atoms with Gasteiger partial charge in [0.05, 0.1) is 39.4 Å². The Hall–Kier alpha value is -3.07. The van der Waals surface area contributed by atoms with Crippen molar-refractivity contribution in [3.63, 3.8) is 0 Å². The van der Waals surface area contributed by atoms with Gasteiger partial charge in [-0.05, 0) is 60.5 Å². The van der Waals surface area contributed by atoms with Crippen LogP contribution in [0.5, 0.6) is 0 Å². The van der Waals surface area contributed by atoms with Crippen molar-refractivity contribution in [2.45, 2.75) is 23.6 Å². The van der Waals surface area contributed by atoms with Crippen LogP contribution < -0.4 is 10.6 Å². The fourth-order valence-corrected chi connectivity index (χ4v) is 5.06. The highest BCUT2D eigenvalue weighted by Gasteiger charge is 2.18. The Morgan fingerprint density at radius 3 is 2.35 bits per heavy atom. The van der Waals surface area contributed by atoms with Gasteiger partial charge in [0.15, 0.2) is 9.84 Å². The van der Waals surface area contributed by atoms with E-state index in [1.54, 1.807) is 43.3 Å². The maximum atomic E-state index is 12.8. The number of sulfone groups is 1. The molecule has 3 aromatic rings. The molecule has 0 aromatic heterocycles. The Kier molecular flexibility index (Phi) is 8.19. The third-order valence-electron chi connectivity index (χ3n) is 4.97. The molecule has 0 saturated heterocycles. The van der Waals surface area contributed by atoms with Gasteiger partial charge in [-0.2, -0.15) is 0 Å². The average molecular weight is 521 g/mol. The number of rotatable bonds is 7. The van der Waals surface area contributed by atoms with Gasteiger partial charge in [-0.3, -0.25) is 0 Å². The van der Waals surface area contributed by atoms with E-state index in [4.69, 9.17) is 23.2 Å². The third-order valence-corrected chi connectivity index (χ3v) is 7.51. The summed E-state index contributed by atoms with van der Waals surface area (Å²) in [5.74, 6) is -0.830. The van der Waals surface area contributed by atoms with Gasteiger partial charge in [0.2, 0.25) is 0 Å². The van der Waals surface area contributed by atoms with Crippen molar-refractivity contribution in [1.29, 1.82) is 0 Å². The summed E-state index contributed by atoms with van der Waals surface area (Å²) in [6.45, 7) is 1.77. The van der Waals surface area contributed by atoms with Gasteiger partial charge in [-0.15, -0.1) is 0 Å². The van der Waals surface area contributed by atoms with Crippen LogP contribution in [-0.2, 0) is 20.3 Å². The van der Waals surface area contributed by atoms with Crippen LogP contribution in [0.2, 0.25) is 10.0 Å². The first-order chi connectivity index (χ1) is 16.1. The monoisotopic (exact) mass is 520 g/mol. The highest BCUT2D eigenvalue weighted by atomic mass is 35.5. The standard InChI is InChI=1S/C24H22Cl2N2O5S/c1-15(20-7-4-8-21(25)22(20)26)27-24(30)28-18-9-11-19(12-10-18)34(31,32)14-16-5-3-6-17(13-16)23(29)33-2/h3-13,15H,14H2,1-2H3,(H2,27,28,30)/t15-/m0/s1. The Labute approximate surface area is 208 Å². The number of hydrogen-bond acceptors (Lipinski definition) is 5. The number of nitrogens with one attached hydrogen (secondary N) is 2. The van der Waals surface area contributed by atoms with E-state index in [0.29, 0.717) is 26.9 Å². The molecule has 0 unspecified atom stereocenters. The number of carbonyl (C=O) groups is 2. The molecule has 2 amide bonds. The second kappa shape index (κ2) is 10.9. The maximum Gasteiger partial charge on any atom is 0.337 e. The van der Waals surface area contributed by atoms with Crippen LogP contribution in [0.25, 0.3) is 0 Å². The summed E-state index contributed by atoms with van der Waals surface area (Å²) in [7, 11) is -2.42. The van der Waals surface area contributed by atoms with Gasteiger partial charge in [-0.25, -0.2) is 18.0 Å². The molecule has 2 N–H and O–H groups in total. The van der Waals surface area contributed by atoms with Crippen molar-refractivity contribution in [3.05, 3.63) is 93.5 Å². The lowest BCUT2D eigenvalue weighted by Crippen LogP contribution is -2.31. The zero-order valence-electron chi connectivity index (χ0n) is 18.3. The van der Waals surface area contributed by atoms with Crippen molar-refractivity contribution < 1.29 is 22.7 Å². The lowest BCUT2D eigenvalue weighted by Gasteiger charge is -2.17. The fraction of sp³-hybridized carbons (Fsp3) is 0.167. The topological polar surface area (TPSA) is 102 Å². The molecule has 0 saturated carbocycles. The SMILES string of the molecule is COC(=O)c1cccc(CS(=O)(=O)c2ccc(NC(=O)N[C@@H](C)c3cccc(Cl)c3Cl)cc2)c1. The van der Waals surface area contributed by atoms with Gasteiger partial charge in [0.1, 0.15) is 0 Å². The van der Waals surface area contributed by atoms with Crippen LogP contribution in [0.1, 0.15) is 34.5 Å². The predicted molar refractivity (Wildman–Crippen MR) is 132 cm³/mol. The quantitative estimate of drug-likeness (QED) is 0.392. The number of halogens is 2. The van der Waals surface area contributed by atoms with Crippen LogP contribution in [0.4, 0.5) is 10.5 Å². The zero-order valence-corrected chi connectivity index (χ0v) is 20.7. The van der Waals surface area contributed by atoms with E-state index in [9.17, 15) is 18.0 Å². The lowest BCUT2D eigenvalue weighted by molar-refractivity contribution is 0.0600. The van der Waals surface area contributed by atoms with Gasteiger partial charge < -0.3 is 15.4 Å². The Morgan fingerprint density at radius 2 is 1.68 bits per heavy atom. The molecule has 0 radical (unpaired) electrons. The van der Waals surface area contributed by atoms with Gasteiger partial charge in [0.25, 0.3) is 0 Å². The number of urea groups is 1. The van der Waals surface area contributed by atoms with Crippen molar-refractivity contribution in [1.82, 2.24) is 5.32 Å². The molecule has 0 aliphatic rings. The summed E-state index contributed by atoms with van der Waals surface area (Å²) in [6, 6.07) is 16.3. The van der Waals surface area contributed by atoms with Crippen molar-refractivity contribution in [2.75, 3.05) is 12.4 Å². The summed E-state index contributed by atoms with van der Waals surface area (Å²) in [4.78, 5) is 24.1. The number of methoxy groups -OCH3 is 1. The molecule has 1 atom stereocenters. The molecule has 0 spiro atoms. The van der Waals surface area contributed by atoms with Crippen LogP contribution in [0.3, 0.4) is 0 Å². The summed E-state index contributed by atoms with van der Waals surface area (Å²) >= 11 is 12.2. The van der Waals surface area contributed by atoms with Gasteiger partial charge >= 0.3 is 12.0 Å². The van der Waals surface area contributed by atoms with Crippen LogP contribution in [0.15, 0.2) is 71.6 Å². The Balaban J connectivity index is 1.65. The summed E-state index contributed by atoms with van der Waals surface area (Å²) in [5.41, 5.74) is 1.81.